The van der Waals surface area contributed by atoms with Crippen molar-refractivity contribution in [3.8, 4) is 11.5 Å². The second kappa shape index (κ2) is 4.30. The predicted octanol–water partition coefficient (Wildman–Crippen LogP) is 0.739. The van der Waals surface area contributed by atoms with Crippen LogP contribution in [0, 0.1) is 0 Å². The summed E-state index contributed by atoms with van der Waals surface area (Å²) in [5.74, 6) is -0.400. The van der Waals surface area contributed by atoms with Gasteiger partial charge in [-0.2, -0.15) is 0 Å². The van der Waals surface area contributed by atoms with Crippen molar-refractivity contribution < 1.29 is 15.3 Å². The zero-order valence-corrected chi connectivity index (χ0v) is 8.23. The molecule has 1 unspecified atom stereocenters. The summed E-state index contributed by atoms with van der Waals surface area (Å²) in [4.78, 5) is 0. The van der Waals surface area contributed by atoms with Crippen molar-refractivity contribution in [2.24, 2.45) is 0 Å². The summed E-state index contributed by atoms with van der Waals surface area (Å²) in [7, 11) is 1.74. The Labute approximate surface area is 82.8 Å². The van der Waals surface area contributed by atoms with Crippen LogP contribution in [0.3, 0.4) is 0 Å². The maximum atomic E-state index is 9.75. The molecule has 0 saturated heterocycles. The van der Waals surface area contributed by atoms with Crippen molar-refractivity contribution in [2.45, 2.75) is 19.1 Å². The van der Waals surface area contributed by atoms with E-state index in [9.17, 15) is 10.2 Å². The Balaban J connectivity index is 2.91. The van der Waals surface area contributed by atoms with Crippen LogP contribution in [-0.4, -0.2) is 28.4 Å². The highest BCUT2D eigenvalue weighted by molar-refractivity contribution is 5.41. The van der Waals surface area contributed by atoms with Crippen molar-refractivity contribution in [2.75, 3.05) is 7.05 Å². The highest BCUT2D eigenvalue weighted by Gasteiger charge is 2.15. The van der Waals surface area contributed by atoms with E-state index in [1.54, 1.807) is 13.1 Å². The minimum atomic E-state index is -0.702. The molecule has 1 aromatic rings. The maximum absolute atomic E-state index is 9.75. The summed E-state index contributed by atoms with van der Waals surface area (Å²) in [6, 6.07) is 4.18. The first-order valence-corrected chi connectivity index (χ1v) is 4.43. The van der Waals surface area contributed by atoms with Crippen LogP contribution in [0.4, 0.5) is 0 Å². The first-order chi connectivity index (χ1) is 6.56. The molecule has 0 spiro atoms. The number of aliphatic hydroxyl groups is 1. The first-order valence-electron chi connectivity index (χ1n) is 4.43. The van der Waals surface area contributed by atoms with Gasteiger partial charge >= 0.3 is 0 Å². The number of phenolic OH excluding ortho intramolecular Hbond substituents is 2. The Hall–Kier alpha value is -1.26. The number of benzene rings is 1. The molecule has 0 radical (unpaired) electrons. The van der Waals surface area contributed by atoms with Crippen LogP contribution in [0.2, 0.25) is 0 Å². The standard InChI is InChI=1S/C10H15NO3/c1-6(11-2)10(14)7-3-4-8(12)9(13)5-7/h3-6,10-14H,1-2H3/t6?,10-/m1/s1. The zero-order valence-electron chi connectivity index (χ0n) is 8.23. The second-order valence-electron chi connectivity index (χ2n) is 3.27. The fourth-order valence-corrected chi connectivity index (χ4v) is 1.17. The van der Waals surface area contributed by atoms with Crippen LogP contribution in [0.5, 0.6) is 11.5 Å². The van der Waals surface area contributed by atoms with Gasteiger partial charge in [-0.1, -0.05) is 6.07 Å². The Morgan fingerprint density at radius 3 is 2.36 bits per heavy atom. The lowest BCUT2D eigenvalue weighted by atomic mass is 10.0. The van der Waals surface area contributed by atoms with Crippen LogP contribution in [0.1, 0.15) is 18.6 Å². The quantitative estimate of drug-likeness (QED) is 0.539. The molecule has 4 heteroatoms. The van der Waals surface area contributed by atoms with Gasteiger partial charge in [0, 0.05) is 6.04 Å². The normalized spacial score (nSPS) is 15.1. The van der Waals surface area contributed by atoms with E-state index in [2.05, 4.69) is 5.32 Å². The van der Waals surface area contributed by atoms with Gasteiger partial charge in [-0.3, -0.25) is 0 Å². The minimum Gasteiger partial charge on any atom is -0.504 e. The third-order valence-corrected chi connectivity index (χ3v) is 2.27. The summed E-state index contributed by atoms with van der Waals surface area (Å²) < 4.78 is 0. The molecule has 2 atom stereocenters. The Bertz CT molecular complexity index is 314. The van der Waals surface area contributed by atoms with E-state index in [1.807, 2.05) is 6.92 Å². The van der Waals surface area contributed by atoms with Crippen molar-refractivity contribution in [1.29, 1.82) is 0 Å². The van der Waals surface area contributed by atoms with Gasteiger partial charge in [-0.15, -0.1) is 0 Å². The SMILES string of the molecule is CNC(C)[C@@H](O)c1ccc(O)c(O)c1. The zero-order chi connectivity index (χ0) is 10.7. The molecule has 78 valence electrons. The Kier molecular flexibility index (Phi) is 3.33. The lowest BCUT2D eigenvalue weighted by Gasteiger charge is -2.18. The molecule has 0 fully saturated rings. The van der Waals surface area contributed by atoms with Crippen molar-refractivity contribution in [1.82, 2.24) is 5.32 Å². The molecule has 0 bridgehead atoms. The van der Waals surface area contributed by atoms with E-state index in [0.717, 1.165) is 0 Å². The summed E-state index contributed by atoms with van der Waals surface area (Å²) in [6.07, 6.45) is -0.702. The molecule has 1 rings (SSSR count). The highest BCUT2D eigenvalue weighted by Crippen LogP contribution is 2.28. The van der Waals surface area contributed by atoms with Crippen molar-refractivity contribution in [3.63, 3.8) is 0 Å². The molecule has 14 heavy (non-hydrogen) atoms. The third-order valence-electron chi connectivity index (χ3n) is 2.27. The van der Waals surface area contributed by atoms with Crippen molar-refractivity contribution in [3.05, 3.63) is 23.8 Å². The van der Waals surface area contributed by atoms with Gasteiger partial charge in [-0.25, -0.2) is 0 Å². The molecular weight excluding hydrogens is 182 g/mol. The molecule has 0 amide bonds. The average Bonchev–Trinajstić information content (AvgIpc) is 2.20. The highest BCUT2D eigenvalue weighted by atomic mass is 16.3. The number of hydrogen-bond acceptors (Lipinski definition) is 4. The number of hydrogen-bond donors (Lipinski definition) is 4. The Morgan fingerprint density at radius 1 is 1.21 bits per heavy atom. The van der Waals surface area contributed by atoms with E-state index in [4.69, 9.17) is 5.11 Å². The van der Waals surface area contributed by atoms with E-state index in [-0.39, 0.29) is 17.5 Å². The molecule has 0 aliphatic heterocycles. The first kappa shape index (κ1) is 10.8. The fraction of sp³-hybridized carbons (Fsp3) is 0.400. The van der Waals surface area contributed by atoms with Gasteiger partial charge in [0.1, 0.15) is 0 Å². The number of phenols is 2. The van der Waals surface area contributed by atoms with Crippen LogP contribution in [0.15, 0.2) is 18.2 Å². The maximum Gasteiger partial charge on any atom is 0.157 e. The minimum absolute atomic E-state index is 0.112. The van der Waals surface area contributed by atoms with Crippen LogP contribution < -0.4 is 5.32 Å². The van der Waals surface area contributed by atoms with Gasteiger partial charge in [-0.05, 0) is 31.7 Å². The van der Waals surface area contributed by atoms with Crippen molar-refractivity contribution >= 4 is 0 Å². The summed E-state index contributed by atoms with van der Waals surface area (Å²) in [5.41, 5.74) is 0.571. The third kappa shape index (κ3) is 2.16. The van der Waals surface area contributed by atoms with Gasteiger partial charge in [0.2, 0.25) is 0 Å². The monoisotopic (exact) mass is 197 g/mol. The summed E-state index contributed by atoms with van der Waals surface area (Å²) >= 11 is 0. The van der Waals surface area contributed by atoms with E-state index < -0.39 is 6.10 Å². The number of likely N-dealkylation sites (N-methyl/N-ethyl adjacent to an activating group) is 1. The molecule has 4 N–H and O–H groups in total. The fourth-order valence-electron chi connectivity index (χ4n) is 1.17. The summed E-state index contributed by atoms with van der Waals surface area (Å²) in [6.45, 7) is 1.83. The summed E-state index contributed by atoms with van der Waals surface area (Å²) in [5, 5.41) is 30.9. The number of nitrogens with one attached hydrogen (secondary N) is 1. The van der Waals surface area contributed by atoms with E-state index in [1.165, 1.54) is 12.1 Å². The molecule has 0 saturated carbocycles. The molecule has 0 aliphatic carbocycles. The van der Waals surface area contributed by atoms with E-state index >= 15 is 0 Å². The number of aliphatic hydroxyl groups excluding tert-OH is 1. The average molecular weight is 197 g/mol. The Morgan fingerprint density at radius 2 is 1.86 bits per heavy atom. The molecule has 4 nitrogen and oxygen atoms in total. The van der Waals surface area contributed by atoms with Gasteiger partial charge < -0.3 is 20.6 Å². The van der Waals surface area contributed by atoms with Gasteiger partial charge in [0.25, 0.3) is 0 Å². The van der Waals surface area contributed by atoms with Crippen LogP contribution >= 0.6 is 0 Å². The predicted molar refractivity (Wildman–Crippen MR) is 53.3 cm³/mol. The van der Waals surface area contributed by atoms with E-state index in [0.29, 0.717) is 5.56 Å². The molecule has 0 aromatic heterocycles. The van der Waals surface area contributed by atoms with Crippen LogP contribution in [0.25, 0.3) is 0 Å². The van der Waals surface area contributed by atoms with Gasteiger partial charge in [0.05, 0.1) is 6.10 Å². The lowest BCUT2D eigenvalue weighted by Crippen LogP contribution is -2.28. The molecular formula is C10H15NO3. The molecule has 0 heterocycles. The largest absolute Gasteiger partial charge is 0.504 e. The number of aromatic hydroxyl groups is 2. The second-order valence-corrected chi connectivity index (χ2v) is 3.27. The number of rotatable bonds is 3. The lowest BCUT2D eigenvalue weighted by molar-refractivity contribution is 0.139. The van der Waals surface area contributed by atoms with Gasteiger partial charge in [0.15, 0.2) is 11.5 Å². The molecule has 1 aromatic carbocycles. The smallest absolute Gasteiger partial charge is 0.157 e. The van der Waals surface area contributed by atoms with Crippen LogP contribution in [-0.2, 0) is 0 Å². The topological polar surface area (TPSA) is 72.7 Å². The molecule has 0 aliphatic rings.